The number of alkyl halides is 6. The molecule has 0 spiro atoms. The Bertz CT molecular complexity index is 754. The standard InChI is InChI=1S/C20H25F6N3/c21-19(22,23)13-10-15(20(24,25)26)17-16(11-13)29-9-4-2-1-3-7-18(29,28-17)12-14-6-5-8-27-14/h10-11,14,27-28H,1-9,12H2. The zero-order chi connectivity index (χ0) is 20.9. The van der Waals surface area contributed by atoms with Gasteiger partial charge in [0, 0.05) is 19.0 Å². The number of halogens is 6. The first-order valence-electron chi connectivity index (χ1n) is 10.2. The monoisotopic (exact) mass is 421 g/mol. The summed E-state index contributed by atoms with van der Waals surface area (Å²) in [7, 11) is 0. The van der Waals surface area contributed by atoms with Crippen LogP contribution in [0.5, 0.6) is 0 Å². The van der Waals surface area contributed by atoms with Crippen LogP contribution in [0.2, 0.25) is 0 Å². The van der Waals surface area contributed by atoms with Crippen LogP contribution in [0.25, 0.3) is 0 Å². The molecule has 3 aliphatic rings. The van der Waals surface area contributed by atoms with Crippen molar-refractivity contribution in [3.05, 3.63) is 23.3 Å². The molecular weight excluding hydrogens is 396 g/mol. The molecule has 29 heavy (non-hydrogen) atoms. The average molecular weight is 421 g/mol. The lowest BCUT2D eigenvalue weighted by molar-refractivity contribution is -0.142. The van der Waals surface area contributed by atoms with Crippen molar-refractivity contribution in [3.8, 4) is 0 Å². The summed E-state index contributed by atoms with van der Waals surface area (Å²) < 4.78 is 81.4. The van der Waals surface area contributed by atoms with E-state index in [0.717, 1.165) is 51.1 Å². The van der Waals surface area contributed by atoms with E-state index < -0.39 is 29.1 Å². The predicted molar refractivity (Wildman–Crippen MR) is 98.9 cm³/mol. The van der Waals surface area contributed by atoms with E-state index in [4.69, 9.17) is 0 Å². The second kappa shape index (κ2) is 7.25. The van der Waals surface area contributed by atoms with E-state index in [2.05, 4.69) is 10.6 Å². The molecular formula is C20H25F6N3. The van der Waals surface area contributed by atoms with Gasteiger partial charge < -0.3 is 15.5 Å². The minimum Gasteiger partial charge on any atom is -0.360 e. The van der Waals surface area contributed by atoms with Gasteiger partial charge in [-0.2, -0.15) is 26.3 Å². The van der Waals surface area contributed by atoms with Gasteiger partial charge in [0.15, 0.2) is 0 Å². The van der Waals surface area contributed by atoms with E-state index in [1.165, 1.54) is 0 Å². The van der Waals surface area contributed by atoms with Crippen molar-refractivity contribution < 1.29 is 26.3 Å². The first kappa shape index (κ1) is 20.6. The smallest absolute Gasteiger partial charge is 0.360 e. The fourth-order valence-corrected chi connectivity index (χ4v) is 5.06. The fraction of sp³-hybridized carbons (Fsp3) is 0.700. The van der Waals surface area contributed by atoms with Gasteiger partial charge in [0.1, 0.15) is 5.66 Å². The van der Waals surface area contributed by atoms with E-state index in [1.54, 1.807) is 4.90 Å². The highest BCUT2D eigenvalue weighted by molar-refractivity contribution is 5.82. The largest absolute Gasteiger partial charge is 0.418 e. The third kappa shape index (κ3) is 3.90. The number of anilines is 2. The molecule has 1 aromatic carbocycles. The van der Waals surface area contributed by atoms with Crippen LogP contribution in [0.15, 0.2) is 12.1 Å². The zero-order valence-electron chi connectivity index (χ0n) is 16.0. The van der Waals surface area contributed by atoms with Gasteiger partial charge >= 0.3 is 12.4 Å². The molecule has 3 nitrogen and oxygen atoms in total. The van der Waals surface area contributed by atoms with Gasteiger partial charge in [-0.3, -0.25) is 0 Å². The van der Waals surface area contributed by atoms with Crippen molar-refractivity contribution in [2.75, 3.05) is 23.3 Å². The highest BCUT2D eigenvalue weighted by Crippen LogP contribution is 2.52. The third-order valence-corrected chi connectivity index (χ3v) is 6.38. The van der Waals surface area contributed by atoms with Gasteiger partial charge in [-0.05, 0) is 50.8 Å². The Morgan fingerprint density at radius 3 is 2.38 bits per heavy atom. The van der Waals surface area contributed by atoms with Crippen LogP contribution in [-0.2, 0) is 12.4 Å². The second-order valence-corrected chi connectivity index (χ2v) is 8.38. The van der Waals surface area contributed by atoms with Gasteiger partial charge in [-0.1, -0.05) is 12.8 Å². The molecule has 2 saturated heterocycles. The zero-order valence-corrected chi connectivity index (χ0v) is 16.0. The van der Waals surface area contributed by atoms with Gasteiger partial charge in [0.25, 0.3) is 0 Å². The van der Waals surface area contributed by atoms with Gasteiger partial charge in [0.2, 0.25) is 0 Å². The number of nitrogens with one attached hydrogen (secondary N) is 2. The molecule has 4 rings (SSSR count). The molecule has 3 aliphatic heterocycles. The maximum Gasteiger partial charge on any atom is 0.418 e. The van der Waals surface area contributed by atoms with Crippen molar-refractivity contribution in [1.29, 1.82) is 0 Å². The predicted octanol–water partition coefficient (Wildman–Crippen LogP) is 5.76. The average Bonchev–Trinajstić information content (AvgIpc) is 3.19. The molecule has 2 fully saturated rings. The Morgan fingerprint density at radius 2 is 1.72 bits per heavy atom. The van der Waals surface area contributed by atoms with Crippen LogP contribution in [0.4, 0.5) is 37.7 Å². The highest BCUT2D eigenvalue weighted by atomic mass is 19.4. The Balaban J connectivity index is 1.83. The lowest BCUT2D eigenvalue weighted by Gasteiger charge is -2.43. The van der Waals surface area contributed by atoms with Gasteiger partial charge in [-0.15, -0.1) is 0 Å². The minimum absolute atomic E-state index is 0.0343. The molecule has 0 radical (unpaired) electrons. The van der Waals surface area contributed by atoms with Crippen molar-refractivity contribution in [3.63, 3.8) is 0 Å². The summed E-state index contributed by atoms with van der Waals surface area (Å²) in [4.78, 5) is 1.80. The maximum absolute atomic E-state index is 13.7. The van der Waals surface area contributed by atoms with E-state index in [0.29, 0.717) is 19.4 Å². The summed E-state index contributed by atoms with van der Waals surface area (Å²) >= 11 is 0. The molecule has 1 aromatic rings. The lowest BCUT2D eigenvalue weighted by Crippen LogP contribution is -2.54. The minimum atomic E-state index is -4.87. The molecule has 2 N–H and O–H groups in total. The van der Waals surface area contributed by atoms with E-state index in [1.807, 2.05) is 0 Å². The number of rotatable bonds is 2. The normalized spacial score (nSPS) is 27.8. The summed E-state index contributed by atoms with van der Waals surface area (Å²) in [5.74, 6) is 0. The molecule has 3 heterocycles. The molecule has 0 amide bonds. The van der Waals surface area contributed by atoms with Gasteiger partial charge in [-0.25, -0.2) is 0 Å². The fourth-order valence-electron chi connectivity index (χ4n) is 5.06. The van der Waals surface area contributed by atoms with Crippen LogP contribution in [0.3, 0.4) is 0 Å². The van der Waals surface area contributed by atoms with E-state index >= 15 is 0 Å². The first-order chi connectivity index (χ1) is 13.6. The SMILES string of the molecule is FC(F)(F)c1cc2c(c(C(F)(F)F)c1)NC1(CC3CCCN3)CCCCCCN21. The lowest BCUT2D eigenvalue weighted by atomic mass is 9.90. The van der Waals surface area contributed by atoms with Crippen LogP contribution in [0.1, 0.15) is 62.5 Å². The van der Waals surface area contributed by atoms with Crippen molar-refractivity contribution in [2.24, 2.45) is 0 Å². The summed E-state index contributed by atoms with van der Waals surface area (Å²) in [6.07, 6.45) is -3.12. The molecule has 0 aromatic heterocycles. The van der Waals surface area contributed by atoms with Crippen molar-refractivity contribution >= 4 is 11.4 Å². The Kier molecular flexibility index (Phi) is 5.16. The summed E-state index contributed by atoms with van der Waals surface area (Å²) in [5, 5.41) is 6.48. The number of benzene rings is 1. The topological polar surface area (TPSA) is 27.3 Å². The molecule has 162 valence electrons. The molecule has 0 bridgehead atoms. The maximum atomic E-state index is 13.7. The number of hydrogen-bond acceptors (Lipinski definition) is 3. The van der Waals surface area contributed by atoms with E-state index in [9.17, 15) is 26.3 Å². The number of nitrogens with zero attached hydrogens (tertiary/aromatic N) is 1. The number of hydrogen-bond donors (Lipinski definition) is 2. The molecule has 0 saturated carbocycles. The number of fused-ring (bicyclic) bond motifs is 3. The third-order valence-electron chi connectivity index (χ3n) is 6.38. The van der Waals surface area contributed by atoms with Crippen molar-refractivity contribution in [2.45, 2.75) is 75.4 Å². The second-order valence-electron chi connectivity index (χ2n) is 8.38. The molecule has 0 aliphatic carbocycles. The van der Waals surface area contributed by atoms with Crippen LogP contribution >= 0.6 is 0 Å². The van der Waals surface area contributed by atoms with Crippen LogP contribution in [-0.4, -0.2) is 24.8 Å². The van der Waals surface area contributed by atoms with Crippen molar-refractivity contribution in [1.82, 2.24) is 5.32 Å². The summed E-state index contributed by atoms with van der Waals surface area (Å²) in [6, 6.07) is 1.28. The summed E-state index contributed by atoms with van der Waals surface area (Å²) in [5.41, 5.74) is -3.43. The first-order valence-corrected chi connectivity index (χ1v) is 10.2. The summed E-state index contributed by atoms with van der Waals surface area (Å²) in [6.45, 7) is 1.31. The Hall–Kier alpha value is -1.64. The van der Waals surface area contributed by atoms with Gasteiger partial charge in [0.05, 0.1) is 22.5 Å². The molecule has 2 atom stereocenters. The molecule has 9 heteroatoms. The highest BCUT2D eigenvalue weighted by Gasteiger charge is 2.50. The van der Waals surface area contributed by atoms with Crippen LogP contribution < -0.4 is 15.5 Å². The van der Waals surface area contributed by atoms with Crippen LogP contribution in [0, 0.1) is 0 Å². The Morgan fingerprint density at radius 1 is 0.966 bits per heavy atom. The molecule has 2 unspecified atom stereocenters. The Labute approximate surface area is 165 Å². The van der Waals surface area contributed by atoms with E-state index in [-0.39, 0.29) is 23.5 Å². The quantitative estimate of drug-likeness (QED) is 0.595.